The number of carbonyl (C=O) groups excluding carboxylic acids is 1. The largest absolute Gasteiger partial charge is 0.374 e. The summed E-state index contributed by atoms with van der Waals surface area (Å²) in [7, 11) is -2.26. The van der Waals surface area contributed by atoms with Gasteiger partial charge in [0.2, 0.25) is 21.1 Å². The molecular formula is C14H17FN4O4S2. The van der Waals surface area contributed by atoms with Gasteiger partial charge in [-0.3, -0.25) is 14.4 Å². The number of nitrogens with zero attached hydrogens (tertiary/aromatic N) is 3. The number of carbonyl (C=O) groups is 1. The number of halogens is 1. The van der Waals surface area contributed by atoms with Crippen molar-refractivity contribution in [3.63, 3.8) is 0 Å². The Morgan fingerprint density at radius 2 is 2.16 bits per heavy atom. The van der Waals surface area contributed by atoms with Crippen LogP contribution in [0.1, 0.15) is 18.0 Å². The highest BCUT2D eigenvalue weighted by molar-refractivity contribution is 7.92. The highest BCUT2D eigenvalue weighted by atomic mass is 32.2. The lowest BCUT2D eigenvalue weighted by Gasteiger charge is -2.21. The van der Waals surface area contributed by atoms with Gasteiger partial charge in [0.15, 0.2) is 0 Å². The van der Waals surface area contributed by atoms with Crippen molar-refractivity contribution in [2.75, 3.05) is 29.5 Å². The summed E-state index contributed by atoms with van der Waals surface area (Å²) >= 11 is 1.12. The van der Waals surface area contributed by atoms with Gasteiger partial charge in [-0.25, -0.2) is 12.8 Å². The molecule has 1 aromatic carbocycles. The molecule has 11 heteroatoms. The Morgan fingerprint density at radius 1 is 1.44 bits per heavy atom. The second-order valence-electron chi connectivity index (χ2n) is 5.12. The quantitative estimate of drug-likeness (QED) is 0.776. The fraction of sp³-hybridized carbons (Fsp3) is 0.357. The smallest absolute Gasteiger partial charge is 0.246 e. The van der Waals surface area contributed by atoms with E-state index in [1.54, 1.807) is 6.92 Å². The molecule has 1 atom stereocenters. The van der Waals surface area contributed by atoms with Gasteiger partial charge < -0.3 is 4.74 Å². The van der Waals surface area contributed by atoms with Crippen molar-refractivity contribution in [3.8, 4) is 0 Å². The van der Waals surface area contributed by atoms with E-state index in [4.69, 9.17) is 4.74 Å². The molecule has 0 spiro atoms. The van der Waals surface area contributed by atoms with Crippen LogP contribution in [-0.2, 0) is 19.6 Å². The fourth-order valence-electron chi connectivity index (χ4n) is 1.87. The summed E-state index contributed by atoms with van der Waals surface area (Å²) in [6.45, 7) is 1.26. The van der Waals surface area contributed by atoms with Crippen molar-refractivity contribution in [1.82, 2.24) is 10.2 Å². The number of ether oxygens (including phenoxy) is 1. The second-order valence-corrected chi connectivity index (χ2v) is 8.04. The van der Waals surface area contributed by atoms with E-state index in [1.165, 1.54) is 25.3 Å². The van der Waals surface area contributed by atoms with Crippen LogP contribution in [0, 0.1) is 5.82 Å². The van der Waals surface area contributed by atoms with Crippen molar-refractivity contribution in [1.29, 1.82) is 0 Å². The SMILES string of the molecule is COC(C)c1nnc(NC(=O)CN(c2cccc(F)c2)S(C)(=O)=O)s1. The maximum atomic E-state index is 13.4. The van der Waals surface area contributed by atoms with Crippen molar-refractivity contribution in [2.24, 2.45) is 0 Å². The van der Waals surface area contributed by atoms with E-state index in [1.807, 2.05) is 0 Å². The predicted octanol–water partition coefficient (Wildman–Crippen LogP) is 1.79. The molecule has 25 heavy (non-hydrogen) atoms. The Balaban J connectivity index is 2.14. The summed E-state index contributed by atoms with van der Waals surface area (Å²) in [5.74, 6) is -1.23. The third-order valence-corrected chi connectivity index (χ3v) is 5.31. The van der Waals surface area contributed by atoms with Gasteiger partial charge in [-0.2, -0.15) is 0 Å². The number of amides is 1. The first-order valence-corrected chi connectivity index (χ1v) is 9.76. The van der Waals surface area contributed by atoms with Gasteiger partial charge in [0.05, 0.1) is 11.9 Å². The highest BCUT2D eigenvalue weighted by Crippen LogP contribution is 2.24. The molecular weight excluding hydrogens is 371 g/mol. The molecule has 136 valence electrons. The maximum Gasteiger partial charge on any atom is 0.246 e. The molecule has 1 amide bonds. The molecule has 1 aromatic heterocycles. The average molecular weight is 388 g/mol. The summed E-state index contributed by atoms with van der Waals surface area (Å²) in [5, 5.41) is 11.0. The molecule has 0 saturated heterocycles. The lowest BCUT2D eigenvalue weighted by Crippen LogP contribution is -2.37. The van der Waals surface area contributed by atoms with Gasteiger partial charge in [-0.15, -0.1) is 10.2 Å². The molecule has 8 nitrogen and oxygen atoms in total. The molecule has 1 unspecified atom stereocenters. The van der Waals surface area contributed by atoms with Gasteiger partial charge >= 0.3 is 0 Å². The molecule has 0 radical (unpaired) electrons. The lowest BCUT2D eigenvalue weighted by atomic mass is 10.3. The molecule has 0 aliphatic carbocycles. The number of methoxy groups -OCH3 is 1. The fourth-order valence-corrected chi connectivity index (χ4v) is 3.51. The third-order valence-electron chi connectivity index (χ3n) is 3.17. The summed E-state index contributed by atoms with van der Waals surface area (Å²) in [5.41, 5.74) is 0.0589. The molecule has 0 bridgehead atoms. The second kappa shape index (κ2) is 7.85. The van der Waals surface area contributed by atoms with E-state index in [0.717, 1.165) is 28.0 Å². The Labute approximate surface area is 148 Å². The zero-order chi connectivity index (χ0) is 18.6. The molecule has 0 aliphatic rings. The van der Waals surface area contributed by atoms with Crippen molar-refractivity contribution < 1.29 is 22.3 Å². The standard InChI is InChI=1S/C14H17FN4O4S2/c1-9(23-2)13-17-18-14(24-13)16-12(20)8-19(25(3,21)22)11-6-4-5-10(15)7-11/h4-7,9H,8H2,1-3H3,(H,16,18,20). The Morgan fingerprint density at radius 3 is 2.76 bits per heavy atom. The van der Waals surface area contributed by atoms with E-state index in [0.29, 0.717) is 5.01 Å². The third kappa shape index (κ3) is 5.18. The van der Waals surface area contributed by atoms with E-state index >= 15 is 0 Å². The van der Waals surface area contributed by atoms with Crippen LogP contribution in [-0.4, -0.2) is 44.4 Å². The molecule has 0 aliphatic heterocycles. The number of rotatable bonds is 7. The summed E-state index contributed by atoms with van der Waals surface area (Å²) in [6, 6.07) is 4.99. The monoisotopic (exact) mass is 388 g/mol. The molecule has 1 N–H and O–H groups in total. The summed E-state index contributed by atoms with van der Waals surface area (Å²) in [4.78, 5) is 12.2. The lowest BCUT2D eigenvalue weighted by molar-refractivity contribution is -0.114. The van der Waals surface area contributed by atoms with Gasteiger partial charge in [0.25, 0.3) is 0 Å². The molecule has 2 rings (SSSR count). The topological polar surface area (TPSA) is 101 Å². The normalized spacial score (nSPS) is 12.6. The van der Waals surface area contributed by atoms with Gasteiger partial charge in [-0.1, -0.05) is 17.4 Å². The van der Waals surface area contributed by atoms with E-state index in [-0.39, 0.29) is 16.9 Å². The molecule has 1 heterocycles. The first kappa shape index (κ1) is 19.2. The van der Waals surface area contributed by atoms with Crippen LogP contribution in [0.2, 0.25) is 0 Å². The van der Waals surface area contributed by atoms with Crippen LogP contribution in [0.3, 0.4) is 0 Å². The number of hydrogen-bond acceptors (Lipinski definition) is 7. The number of nitrogens with one attached hydrogen (secondary N) is 1. The highest BCUT2D eigenvalue weighted by Gasteiger charge is 2.22. The minimum Gasteiger partial charge on any atom is -0.374 e. The minimum atomic E-state index is -3.78. The maximum absolute atomic E-state index is 13.4. The van der Waals surface area contributed by atoms with E-state index < -0.39 is 28.3 Å². The van der Waals surface area contributed by atoms with Crippen LogP contribution in [0.4, 0.5) is 15.2 Å². The van der Waals surface area contributed by atoms with Crippen molar-refractivity contribution in [2.45, 2.75) is 13.0 Å². The van der Waals surface area contributed by atoms with Gasteiger partial charge in [0.1, 0.15) is 23.5 Å². The predicted molar refractivity (Wildman–Crippen MR) is 92.6 cm³/mol. The van der Waals surface area contributed by atoms with Crippen LogP contribution in [0.15, 0.2) is 24.3 Å². The minimum absolute atomic E-state index is 0.0589. The van der Waals surface area contributed by atoms with Gasteiger partial charge in [-0.05, 0) is 25.1 Å². The Kier molecular flexibility index (Phi) is 6.03. The average Bonchev–Trinajstić information content (AvgIpc) is 2.99. The van der Waals surface area contributed by atoms with E-state index in [2.05, 4.69) is 15.5 Å². The first-order chi connectivity index (χ1) is 11.7. The number of anilines is 2. The number of benzene rings is 1. The Hall–Kier alpha value is -2.11. The van der Waals surface area contributed by atoms with Crippen molar-refractivity contribution >= 4 is 38.1 Å². The van der Waals surface area contributed by atoms with Crippen LogP contribution < -0.4 is 9.62 Å². The summed E-state index contributed by atoms with van der Waals surface area (Å²) in [6.07, 6.45) is 0.664. The zero-order valence-electron chi connectivity index (χ0n) is 13.8. The van der Waals surface area contributed by atoms with E-state index in [9.17, 15) is 17.6 Å². The summed E-state index contributed by atoms with van der Waals surface area (Å²) < 4.78 is 43.2. The number of aromatic nitrogens is 2. The molecule has 0 saturated carbocycles. The van der Waals surface area contributed by atoms with Crippen LogP contribution in [0.5, 0.6) is 0 Å². The van der Waals surface area contributed by atoms with Crippen LogP contribution in [0.25, 0.3) is 0 Å². The number of sulfonamides is 1. The molecule has 0 fully saturated rings. The first-order valence-electron chi connectivity index (χ1n) is 7.10. The molecule has 2 aromatic rings. The van der Waals surface area contributed by atoms with Crippen molar-refractivity contribution in [3.05, 3.63) is 35.1 Å². The Bertz CT molecular complexity index is 856. The van der Waals surface area contributed by atoms with Crippen LogP contribution >= 0.6 is 11.3 Å². The number of hydrogen-bond donors (Lipinski definition) is 1. The zero-order valence-corrected chi connectivity index (χ0v) is 15.4. The van der Waals surface area contributed by atoms with Gasteiger partial charge in [0, 0.05) is 7.11 Å².